The third-order valence-corrected chi connectivity index (χ3v) is 7.31. The molecule has 33 heavy (non-hydrogen) atoms. The number of nitrogens with zero attached hydrogens (tertiary/aromatic N) is 1. The van der Waals surface area contributed by atoms with Gasteiger partial charge < -0.3 is 9.64 Å². The first kappa shape index (κ1) is 19.7. The number of hydrogen-bond donors (Lipinski definition) is 0. The third kappa shape index (κ3) is 2.39. The highest BCUT2D eigenvalue weighted by Gasteiger charge is 2.71. The number of carbonyl (C=O) groups is 3. The van der Waals surface area contributed by atoms with Crippen LogP contribution in [-0.2, 0) is 9.53 Å². The summed E-state index contributed by atoms with van der Waals surface area (Å²) in [5.74, 6) is -1.64. The first-order valence-electron chi connectivity index (χ1n) is 11.0. The van der Waals surface area contributed by atoms with Crippen molar-refractivity contribution in [1.82, 2.24) is 0 Å². The van der Waals surface area contributed by atoms with E-state index in [2.05, 4.69) is 0 Å². The largest absolute Gasteiger partial charge is 0.467 e. The number of methoxy groups -OCH3 is 1. The average Bonchev–Trinajstić information content (AvgIpc) is 3.31. The molecule has 5 heteroatoms. The SMILES string of the molecule is COC(=O)[C@H]1[C@@H](c2ccccc2)C2(C(=O)c3ccccc3C2=O)[C@H]2C=Cc3ccccc3N12. The molecule has 6 rings (SSSR count). The van der Waals surface area contributed by atoms with Gasteiger partial charge in [0, 0.05) is 22.7 Å². The predicted octanol–water partition coefficient (Wildman–Crippen LogP) is 4.29. The lowest BCUT2D eigenvalue weighted by Crippen LogP contribution is -2.48. The zero-order valence-corrected chi connectivity index (χ0v) is 18.0. The minimum absolute atomic E-state index is 0.234. The maximum atomic E-state index is 14.2. The van der Waals surface area contributed by atoms with E-state index in [1.165, 1.54) is 7.11 Å². The van der Waals surface area contributed by atoms with Crippen LogP contribution in [0, 0.1) is 5.41 Å². The van der Waals surface area contributed by atoms with Crippen LogP contribution in [0.15, 0.2) is 84.9 Å². The molecule has 3 atom stereocenters. The van der Waals surface area contributed by atoms with Gasteiger partial charge in [-0.05, 0) is 17.2 Å². The van der Waals surface area contributed by atoms with Crippen LogP contribution in [0.1, 0.15) is 37.8 Å². The first-order chi connectivity index (χ1) is 16.1. The summed E-state index contributed by atoms with van der Waals surface area (Å²) >= 11 is 0. The van der Waals surface area contributed by atoms with Gasteiger partial charge in [0.05, 0.1) is 13.2 Å². The van der Waals surface area contributed by atoms with Gasteiger partial charge >= 0.3 is 5.97 Å². The Hall–Kier alpha value is -3.99. The number of hydrogen-bond acceptors (Lipinski definition) is 5. The molecule has 3 aromatic carbocycles. The second kappa shape index (κ2) is 7.01. The standard InChI is InChI=1S/C28H21NO4/c1-33-27(32)24-23(18-10-3-2-4-11-18)28(25(30)19-12-6-7-13-20(19)26(28)31)22-16-15-17-9-5-8-14-21(17)29(22)24/h2-16,22-24H,1H3/t22-,23-,24-/m1/s1. The summed E-state index contributed by atoms with van der Waals surface area (Å²) in [7, 11) is 1.35. The number of anilines is 1. The van der Waals surface area contributed by atoms with Crippen LogP contribution >= 0.6 is 0 Å². The molecule has 3 aliphatic rings. The summed E-state index contributed by atoms with van der Waals surface area (Å²) in [6, 6.07) is 22.6. The molecule has 1 fully saturated rings. The second-order valence-corrected chi connectivity index (χ2v) is 8.70. The fraction of sp³-hybridized carbons (Fsp3) is 0.179. The van der Waals surface area contributed by atoms with E-state index in [4.69, 9.17) is 4.74 Å². The smallest absolute Gasteiger partial charge is 0.329 e. The Labute approximate surface area is 191 Å². The minimum atomic E-state index is -1.46. The van der Waals surface area contributed by atoms with Crippen molar-refractivity contribution in [3.05, 3.63) is 107 Å². The predicted molar refractivity (Wildman–Crippen MR) is 124 cm³/mol. The molecule has 162 valence electrons. The molecule has 0 amide bonds. The number of esters is 1. The van der Waals surface area contributed by atoms with E-state index in [0.29, 0.717) is 11.1 Å². The summed E-state index contributed by atoms with van der Waals surface area (Å²) in [6.45, 7) is 0. The van der Waals surface area contributed by atoms with Gasteiger partial charge in [0.2, 0.25) is 0 Å². The lowest BCUT2D eigenvalue weighted by Gasteiger charge is -2.36. The zero-order chi connectivity index (χ0) is 22.7. The number of ether oxygens (including phenoxy) is 1. The summed E-state index contributed by atoms with van der Waals surface area (Å²) in [5, 5.41) is 0. The Kier molecular flexibility index (Phi) is 4.18. The molecular weight excluding hydrogens is 414 g/mol. The van der Waals surface area contributed by atoms with Crippen molar-refractivity contribution in [1.29, 1.82) is 0 Å². The Morgan fingerprint density at radius 1 is 0.848 bits per heavy atom. The highest BCUT2D eigenvalue weighted by molar-refractivity contribution is 6.32. The van der Waals surface area contributed by atoms with E-state index in [9.17, 15) is 14.4 Å². The quantitative estimate of drug-likeness (QED) is 0.444. The number of rotatable bonds is 2. The summed E-state index contributed by atoms with van der Waals surface area (Å²) < 4.78 is 5.27. The number of para-hydroxylation sites is 1. The van der Waals surface area contributed by atoms with Crippen LogP contribution < -0.4 is 4.90 Å². The van der Waals surface area contributed by atoms with Crippen molar-refractivity contribution in [3.8, 4) is 0 Å². The van der Waals surface area contributed by atoms with Gasteiger partial charge in [-0.2, -0.15) is 0 Å². The highest BCUT2D eigenvalue weighted by atomic mass is 16.5. The Morgan fingerprint density at radius 2 is 1.45 bits per heavy atom. The zero-order valence-electron chi connectivity index (χ0n) is 18.0. The molecule has 0 unspecified atom stereocenters. The fourth-order valence-electron chi connectivity index (χ4n) is 6.04. The van der Waals surface area contributed by atoms with E-state index in [0.717, 1.165) is 16.8 Å². The van der Waals surface area contributed by atoms with Crippen LogP contribution in [0.5, 0.6) is 0 Å². The van der Waals surface area contributed by atoms with E-state index in [1.807, 2.05) is 71.6 Å². The number of Topliss-reactive ketones (excluding diaryl/α,β-unsaturated/α-hetero) is 2. The average molecular weight is 435 g/mol. The minimum Gasteiger partial charge on any atom is -0.467 e. The summed E-state index contributed by atoms with van der Waals surface area (Å²) in [5.41, 5.74) is 1.88. The lowest BCUT2D eigenvalue weighted by atomic mass is 9.65. The molecule has 1 aliphatic carbocycles. The monoisotopic (exact) mass is 435 g/mol. The maximum absolute atomic E-state index is 14.2. The highest BCUT2D eigenvalue weighted by Crippen LogP contribution is 2.60. The first-order valence-corrected chi connectivity index (χ1v) is 11.0. The number of benzene rings is 3. The van der Waals surface area contributed by atoms with Gasteiger partial charge in [-0.3, -0.25) is 9.59 Å². The fourth-order valence-corrected chi connectivity index (χ4v) is 6.04. The van der Waals surface area contributed by atoms with Gasteiger partial charge in [0.15, 0.2) is 11.6 Å². The molecule has 2 aliphatic heterocycles. The molecule has 1 saturated heterocycles. The van der Waals surface area contributed by atoms with Crippen molar-refractivity contribution in [2.24, 2.45) is 5.41 Å². The molecule has 3 aromatic rings. The topological polar surface area (TPSA) is 63.7 Å². The molecule has 0 saturated carbocycles. The van der Waals surface area contributed by atoms with Crippen LogP contribution in [0.25, 0.3) is 6.08 Å². The van der Waals surface area contributed by atoms with Gasteiger partial charge in [-0.25, -0.2) is 4.79 Å². The summed E-state index contributed by atoms with van der Waals surface area (Å²) in [6.07, 6.45) is 3.85. The number of ketones is 2. The van der Waals surface area contributed by atoms with E-state index >= 15 is 0 Å². The molecule has 0 bridgehead atoms. The van der Waals surface area contributed by atoms with Gasteiger partial charge in [-0.1, -0.05) is 84.9 Å². The van der Waals surface area contributed by atoms with Gasteiger partial charge in [0.1, 0.15) is 11.5 Å². The van der Waals surface area contributed by atoms with Crippen molar-refractivity contribution in [2.75, 3.05) is 12.0 Å². The molecule has 0 radical (unpaired) electrons. The maximum Gasteiger partial charge on any atom is 0.329 e. The summed E-state index contributed by atoms with van der Waals surface area (Å²) in [4.78, 5) is 43.7. The van der Waals surface area contributed by atoms with E-state index in [1.54, 1.807) is 24.3 Å². The van der Waals surface area contributed by atoms with Crippen molar-refractivity contribution >= 4 is 29.3 Å². The third-order valence-electron chi connectivity index (χ3n) is 7.31. The number of carbonyl (C=O) groups excluding carboxylic acids is 3. The van der Waals surface area contributed by atoms with Crippen molar-refractivity contribution in [2.45, 2.75) is 18.0 Å². The lowest BCUT2D eigenvalue weighted by molar-refractivity contribution is -0.142. The van der Waals surface area contributed by atoms with Crippen LogP contribution in [0.4, 0.5) is 5.69 Å². The molecule has 0 N–H and O–H groups in total. The molecule has 5 nitrogen and oxygen atoms in total. The normalized spacial score (nSPS) is 23.9. The molecule has 1 spiro atoms. The Balaban J connectivity index is 1.69. The molecule has 0 aromatic heterocycles. The molecular formula is C28H21NO4. The van der Waals surface area contributed by atoms with Crippen LogP contribution in [0.2, 0.25) is 0 Å². The van der Waals surface area contributed by atoms with Crippen molar-refractivity contribution < 1.29 is 19.1 Å². The molecule has 2 heterocycles. The van der Waals surface area contributed by atoms with E-state index in [-0.39, 0.29) is 11.6 Å². The Morgan fingerprint density at radius 3 is 2.12 bits per heavy atom. The van der Waals surface area contributed by atoms with Gasteiger partial charge in [0.25, 0.3) is 0 Å². The van der Waals surface area contributed by atoms with Crippen molar-refractivity contribution in [3.63, 3.8) is 0 Å². The van der Waals surface area contributed by atoms with Crippen LogP contribution in [-0.4, -0.2) is 36.7 Å². The second-order valence-electron chi connectivity index (χ2n) is 8.70. The van der Waals surface area contributed by atoms with Crippen LogP contribution in [0.3, 0.4) is 0 Å². The van der Waals surface area contributed by atoms with Gasteiger partial charge in [-0.15, -0.1) is 0 Å². The Bertz CT molecular complexity index is 1310. The van der Waals surface area contributed by atoms with E-state index < -0.39 is 29.4 Å². The number of fused-ring (bicyclic) bond motifs is 5.